The Morgan fingerprint density at radius 1 is 1.03 bits per heavy atom. The molecule has 0 unspecified atom stereocenters. The summed E-state index contributed by atoms with van der Waals surface area (Å²) in [6, 6.07) is 13.9. The number of carbonyl (C=O) groups excluding carboxylic acids is 2. The molecule has 11 nitrogen and oxygen atoms in total. The molecule has 3 aromatic rings. The van der Waals surface area contributed by atoms with Crippen molar-refractivity contribution in [2.24, 2.45) is 0 Å². The van der Waals surface area contributed by atoms with E-state index >= 15 is 0 Å². The zero-order valence-corrected chi connectivity index (χ0v) is 20.9. The topological polar surface area (TPSA) is 167 Å². The SMILES string of the molecule is COC(=O)N[C@@H](Cc1ccccc1)C(=O)N[C@@H](Cc1ccc(NS(=O)(=O)O)cc1)c1nc(CO)cs1. The van der Waals surface area contributed by atoms with Crippen LogP contribution in [0.15, 0.2) is 60.0 Å². The van der Waals surface area contributed by atoms with Crippen molar-refractivity contribution in [1.82, 2.24) is 15.6 Å². The van der Waals surface area contributed by atoms with Gasteiger partial charge in [0.1, 0.15) is 11.0 Å². The Morgan fingerprint density at radius 2 is 1.69 bits per heavy atom. The molecule has 0 fully saturated rings. The number of carbonyl (C=O) groups is 2. The summed E-state index contributed by atoms with van der Waals surface area (Å²) in [5, 5.41) is 17.1. The molecule has 2 atom stereocenters. The van der Waals surface area contributed by atoms with Crippen molar-refractivity contribution >= 4 is 39.3 Å². The average molecular weight is 535 g/mol. The van der Waals surface area contributed by atoms with E-state index in [1.54, 1.807) is 17.5 Å². The Hall–Kier alpha value is -3.52. The molecule has 0 aliphatic carbocycles. The monoisotopic (exact) mass is 534 g/mol. The van der Waals surface area contributed by atoms with Crippen molar-refractivity contribution in [2.45, 2.75) is 31.5 Å². The second kappa shape index (κ2) is 12.4. The summed E-state index contributed by atoms with van der Waals surface area (Å²) >= 11 is 1.27. The van der Waals surface area contributed by atoms with Gasteiger partial charge in [-0.15, -0.1) is 11.3 Å². The molecule has 0 aliphatic heterocycles. The zero-order chi connectivity index (χ0) is 26.1. The largest absolute Gasteiger partial charge is 0.453 e. The van der Waals surface area contributed by atoms with Crippen molar-refractivity contribution in [3.63, 3.8) is 0 Å². The molecular weight excluding hydrogens is 508 g/mol. The maximum absolute atomic E-state index is 13.3. The fourth-order valence-electron chi connectivity index (χ4n) is 3.38. The van der Waals surface area contributed by atoms with Crippen molar-refractivity contribution in [2.75, 3.05) is 11.8 Å². The van der Waals surface area contributed by atoms with Crippen molar-refractivity contribution < 1.29 is 32.4 Å². The second-order valence-electron chi connectivity index (χ2n) is 7.75. The number of thiazole rings is 1. The van der Waals surface area contributed by atoms with Gasteiger partial charge >= 0.3 is 16.4 Å². The minimum atomic E-state index is -4.40. The molecule has 0 aliphatic rings. The van der Waals surface area contributed by atoms with Gasteiger partial charge in [-0.1, -0.05) is 42.5 Å². The highest BCUT2D eigenvalue weighted by Gasteiger charge is 2.26. The number of amides is 2. The highest BCUT2D eigenvalue weighted by molar-refractivity contribution is 7.87. The molecule has 2 amide bonds. The van der Waals surface area contributed by atoms with Gasteiger partial charge in [-0.25, -0.2) is 9.78 Å². The zero-order valence-electron chi connectivity index (χ0n) is 19.2. The molecule has 0 saturated heterocycles. The predicted molar refractivity (Wildman–Crippen MR) is 134 cm³/mol. The number of aliphatic hydroxyl groups excluding tert-OH is 1. The number of nitrogens with zero attached hydrogens (tertiary/aromatic N) is 1. The summed E-state index contributed by atoms with van der Waals surface area (Å²) in [4.78, 5) is 29.6. The van der Waals surface area contributed by atoms with Crippen molar-refractivity contribution in [3.8, 4) is 0 Å². The summed E-state index contributed by atoms with van der Waals surface area (Å²) in [7, 11) is -3.19. The number of ether oxygens (including phenoxy) is 1. The fraction of sp³-hybridized carbons (Fsp3) is 0.261. The summed E-state index contributed by atoms with van der Waals surface area (Å²) < 4.78 is 37.6. The van der Waals surface area contributed by atoms with Gasteiger partial charge in [0.25, 0.3) is 0 Å². The molecule has 36 heavy (non-hydrogen) atoms. The third-order valence-corrected chi connectivity index (χ3v) is 6.56. The molecule has 5 N–H and O–H groups in total. The lowest BCUT2D eigenvalue weighted by Crippen LogP contribution is -2.49. The molecule has 13 heteroatoms. The van der Waals surface area contributed by atoms with E-state index in [2.05, 4.69) is 20.4 Å². The number of aliphatic hydroxyl groups is 1. The van der Waals surface area contributed by atoms with E-state index in [4.69, 9.17) is 4.55 Å². The molecule has 1 aromatic heterocycles. The molecule has 2 aromatic carbocycles. The number of aromatic nitrogens is 1. The Kier molecular flexibility index (Phi) is 9.36. The Morgan fingerprint density at radius 3 is 2.28 bits per heavy atom. The van der Waals surface area contributed by atoms with Crippen molar-refractivity contribution in [1.29, 1.82) is 0 Å². The lowest BCUT2D eigenvalue weighted by atomic mass is 10.0. The number of rotatable bonds is 11. The summed E-state index contributed by atoms with van der Waals surface area (Å²) in [5.74, 6) is -0.459. The van der Waals surface area contributed by atoms with Crippen LogP contribution in [-0.2, 0) is 39.3 Å². The number of hydrogen-bond donors (Lipinski definition) is 5. The van der Waals surface area contributed by atoms with Gasteiger partial charge in [-0.3, -0.25) is 14.1 Å². The molecule has 0 bridgehead atoms. The minimum Gasteiger partial charge on any atom is -0.453 e. The van der Waals surface area contributed by atoms with E-state index in [0.29, 0.717) is 10.7 Å². The number of alkyl carbamates (subject to hydrolysis) is 1. The first-order valence-electron chi connectivity index (χ1n) is 10.7. The minimum absolute atomic E-state index is 0.170. The van der Waals surface area contributed by atoms with E-state index in [-0.39, 0.29) is 25.1 Å². The first-order chi connectivity index (χ1) is 17.2. The lowest BCUT2D eigenvalue weighted by Gasteiger charge is -2.22. The maximum Gasteiger partial charge on any atom is 0.407 e. The van der Waals surface area contributed by atoms with Crippen LogP contribution in [0.1, 0.15) is 27.9 Å². The standard InChI is InChI=1S/C23H26N4O7S2/c1-34-23(30)26-19(11-15-5-3-2-4-6-15)21(29)25-20(22-24-18(13-28)14-35-22)12-16-7-9-17(10-8-16)27-36(31,32)33/h2-10,14,19-20,27-28H,11-13H2,1H3,(H,25,29)(H,26,30)(H,31,32,33)/t19-,20-/m0/s1. The molecule has 0 saturated carbocycles. The normalized spacial score (nSPS) is 12.9. The lowest BCUT2D eigenvalue weighted by molar-refractivity contribution is -0.123. The van der Waals surface area contributed by atoms with Crippen LogP contribution in [-0.4, -0.2) is 48.2 Å². The summed E-state index contributed by atoms with van der Waals surface area (Å²) in [5.41, 5.74) is 2.20. The van der Waals surface area contributed by atoms with Crippen LogP contribution in [0.5, 0.6) is 0 Å². The van der Waals surface area contributed by atoms with Gasteiger partial charge in [0.2, 0.25) is 5.91 Å². The Labute approximate surface area is 212 Å². The van der Waals surface area contributed by atoms with Crippen LogP contribution in [0, 0.1) is 0 Å². The quantitative estimate of drug-likeness (QED) is 0.233. The molecular formula is C23H26N4O7S2. The number of anilines is 1. The smallest absolute Gasteiger partial charge is 0.407 e. The first-order valence-corrected chi connectivity index (χ1v) is 13.1. The fourth-order valence-corrected chi connectivity index (χ4v) is 4.68. The summed E-state index contributed by atoms with van der Waals surface area (Å²) in [6.45, 7) is -0.256. The van der Waals surface area contributed by atoms with E-state index in [0.717, 1.165) is 11.1 Å². The molecule has 192 valence electrons. The number of hydrogen-bond acceptors (Lipinski definition) is 8. The third-order valence-electron chi connectivity index (χ3n) is 5.06. The molecule has 0 spiro atoms. The van der Waals surface area contributed by atoms with Gasteiger partial charge < -0.3 is 20.5 Å². The maximum atomic E-state index is 13.3. The van der Waals surface area contributed by atoms with Gasteiger partial charge in [0.05, 0.1) is 31.1 Å². The van der Waals surface area contributed by atoms with E-state index in [1.807, 2.05) is 35.1 Å². The van der Waals surface area contributed by atoms with Gasteiger partial charge in [0, 0.05) is 11.8 Å². The second-order valence-corrected chi connectivity index (χ2v) is 9.80. The van der Waals surface area contributed by atoms with Crippen LogP contribution < -0.4 is 15.4 Å². The van der Waals surface area contributed by atoms with E-state index in [9.17, 15) is 23.1 Å². The third kappa shape index (κ3) is 8.30. The highest BCUT2D eigenvalue weighted by Crippen LogP contribution is 2.24. The Balaban J connectivity index is 1.82. The van der Waals surface area contributed by atoms with Crippen LogP contribution in [0.3, 0.4) is 0 Å². The van der Waals surface area contributed by atoms with E-state index < -0.39 is 34.4 Å². The molecule has 0 radical (unpaired) electrons. The average Bonchev–Trinajstić information content (AvgIpc) is 3.33. The van der Waals surface area contributed by atoms with Gasteiger partial charge in [-0.2, -0.15) is 8.42 Å². The number of nitrogens with one attached hydrogen (secondary N) is 3. The summed E-state index contributed by atoms with van der Waals surface area (Å²) in [6.07, 6.45) is -0.238. The number of methoxy groups -OCH3 is 1. The van der Waals surface area contributed by atoms with Crippen molar-refractivity contribution in [3.05, 3.63) is 81.8 Å². The highest BCUT2D eigenvalue weighted by atomic mass is 32.2. The van der Waals surface area contributed by atoms with Gasteiger partial charge in [-0.05, 0) is 29.7 Å². The van der Waals surface area contributed by atoms with Crippen LogP contribution in [0.4, 0.5) is 10.5 Å². The van der Waals surface area contributed by atoms with Crippen LogP contribution in [0.2, 0.25) is 0 Å². The first kappa shape index (κ1) is 27.1. The van der Waals surface area contributed by atoms with Crippen LogP contribution >= 0.6 is 11.3 Å². The Bertz CT molecular complexity index is 1270. The number of benzene rings is 2. The van der Waals surface area contributed by atoms with E-state index in [1.165, 1.54) is 30.6 Å². The van der Waals surface area contributed by atoms with Gasteiger partial charge in [0.15, 0.2) is 0 Å². The molecule has 1 heterocycles. The van der Waals surface area contributed by atoms with Crippen LogP contribution in [0.25, 0.3) is 0 Å². The predicted octanol–water partition coefficient (Wildman–Crippen LogP) is 2.22. The molecule has 3 rings (SSSR count).